The zero-order valence-electron chi connectivity index (χ0n) is 16.6. The molecule has 2 aromatic carbocycles. The summed E-state index contributed by atoms with van der Waals surface area (Å²) in [5.41, 5.74) is 3.26. The van der Waals surface area contributed by atoms with Crippen molar-refractivity contribution in [1.29, 1.82) is 0 Å². The van der Waals surface area contributed by atoms with Gasteiger partial charge in [-0.05, 0) is 36.8 Å². The summed E-state index contributed by atoms with van der Waals surface area (Å²) in [6.45, 7) is 2.28. The topological polar surface area (TPSA) is 59.1 Å². The minimum Gasteiger partial charge on any atom is -0.490 e. The maximum atomic E-state index is 12.6. The summed E-state index contributed by atoms with van der Waals surface area (Å²) >= 11 is 0. The van der Waals surface area contributed by atoms with Crippen LogP contribution in [0.4, 0.5) is 5.69 Å². The van der Waals surface area contributed by atoms with Crippen molar-refractivity contribution < 1.29 is 19.1 Å². The Morgan fingerprint density at radius 1 is 1.11 bits per heavy atom. The van der Waals surface area contributed by atoms with E-state index in [2.05, 4.69) is 0 Å². The summed E-state index contributed by atoms with van der Waals surface area (Å²) in [6.07, 6.45) is 1.85. The Balaban J connectivity index is 1.91. The van der Waals surface area contributed by atoms with Crippen LogP contribution in [0.1, 0.15) is 18.1 Å². The van der Waals surface area contributed by atoms with E-state index in [4.69, 9.17) is 9.47 Å². The Kier molecular flexibility index (Phi) is 5.68. The first-order chi connectivity index (χ1) is 13.4. The molecule has 3 rings (SSSR count). The van der Waals surface area contributed by atoms with E-state index in [0.717, 1.165) is 16.8 Å². The van der Waals surface area contributed by atoms with Crippen molar-refractivity contribution in [2.75, 3.05) is 39.3 Å². The lowest BCUT2D eigenvalue weighted by molar-refractivity contribution is -0.130. The van der Waals surface area contributed by atoms with Crippen LogP contribution in [0.25, 0.3) is 11.6 Å². The maximum absolute atomic E-state index is 12.6. The second-order valence-corrected chi connectivity index (χ2v) is 6.66. The first-order valence-corrected chi connectivity index (χ1v) is 9.11. The summed E-state index contributed by atoms with van der Waals surface area (Å²) in [6, 6.07) is 13.1. The van der Waals surface area contributed by atoms with Crippen molar-refractivity contribution in [3.05, 3.63) is 53.6 Å². The second kappa shape index (κ2) is 8.17. The highest BCUT2D eigenvalue weighted by molar-refractivity contribution is 6.35. The summed E-state index contributed by atoms with van der Waals surface area (Å²) in [5, 5.41) is 0. The standard InChI is InChI=1S/C22H24N2O4/c1-5-27-20-13-15(10-11-19(20)28-14-21(25)23(2)3)12-17-16-8-6-7-9-18(16)24(4)22(17)26/h6-13H,5,14H2,1-4H3/b17-12+. The Bertz CT molecular complexity index is 934. The monoisotopic (exact) mass is 380 g/mol. The third-order valence-corrected chi connectivity index (χ3v) is 4.52. The molecule has 0 fully saturated rings. The van der Waals surface area contributed by atoms with Gasteiger partial charge in [0.25, 0.3) is 11.8 Å². The summed E-state index contributed by atoms with van der Waals surface area (Å²) in [4.78, 5) is 27.5. The number of anilines is 1. The Labute approximate surface area is 165 Å². The number of hydrogen-bond acceptors (Lipinski definition) is 4. The number of ether oxygens (including phenoxy) is 2. The zero-order chi connectivity index (χ0) is 20.3. The quantitative estimate of drug-likeness (QED) is 0.723. The Morgan fingerprint density at radius 2 is 1.86 bits per heavy atom. The lowest BCUT2D eigenvalue weighted by Crippen LogP contribution is -2.27. The van der Waals surface area contributed by atoms with E-state index >= 15 is 0 Å². The van der Waals surface area contributed by atoms with Crippen LogP contribution >= 0.6 is 0 Å². The summed E-state index contributed by atoms with van der Waals surface area (Å²) in [5.74, 6) is 0.853. The normalized spacial score (nSPS) is 14.2. The van der Waals surface area contributed by atoms with Crippen LogP contribution in [0.5, 0.6) is 11.5 Å². The Morgan fingerprint density at radius 3 is 2.57 bits per heavy atom. The number of carbonyl (C=O) groups is 2. The van der Waals surface area contributed by atoms with Gasteiger partial charge in [0.15, 0.2) is 18.1 Å². The second-order valence-electron chi connectivity index (χ2n) is 6.66. The molecule has 1 heterocycles. The van der Waals surface area contributed by atoms with E-state index in [-0.39, 0.29) is 18.4 Å². The van der Waals surface area contributed by atoms with Crippen molar-refractivity contribution in [3.8, 4) is 11.5 Å². The summed E-state index contributed by atoms with van der Waals surface area (Å²) < 4.78 is 11.3. The number of fused-ring (bicyclic) bond motifs is 1. The molecule has 0 saturated carbocycles. The highest BCUT2D eigenvalue weighted by atomic mass is 16.5. The van der Waals surface area contributed by atoms with Gasteiger partial charge in [0.1, 0.15) is 0 Å². The highest BCUT2D eigenvalue weighted by Crippen LogP contribution is 2.37. The predicted molar refractivity (Wildman–Crippen MR) is 110 cm³/mol. The van der Waals surface area contributed by atoms with Gasteiger partial charge >= 0.3 is 0 Å². The molecule has 0 bridgehead atoms. The molecule has 28 heavy (non-hydrogen) atoms. The van der Waals surface area contributed by atoms with Crippen LogP contribution in [0.2, 0.25) is 0 Å². The van der Waals surface area contributed by atoms with E-state index in [1.165, 1.54) is 4.90 Å². The number of nitrogens with zero attached hydrogens (tertiary/aromatic N) is 2. The molecule has 6 heteroatoms. The van der Waals surface area contributed by atoms with Crippen molar-refractivity contribution in [1.82, 2.24) is 4.90 Å². The molecule has 1 aliphatic rings. The highest BCUT2D eigenvalue weighted by Gasteiger charge is 2.29. The van der Waals surface area contributed by atoms with Gasteiger partial charge in [-0.2, -0.15) is 0 Å². The van der Waals surface area contributed by atoms with Crippen LogP contribution in [0.3, 0.4) is 0 Å². The largest absolute Gasteiger partial charge is 0.490 e. The van der Waals surface area contributed by atoms with Crippen molar-refractivity contribution in [2.45, 2.75) is 6.92 Å². The van der Waals surface area contributed by atoms with Crippen LogP contribution < -0.4 is 14.4 Å². The average Bonchev–Trinajstić information content (AvgIpc) is 2.92. The van der Waals surface area contributed by atoms with Gasteiger partial charge in [0.05, 0.1) is 12.3 Å². The third kappa shape index (κ3) is 3.86. The molecule has 2 amide bonds. The lowest BCUT2D eigenvalue weighted by Gasteiger charge is -2.14. The first kappa shape index (κ1) is 19.5. The van der Waals surface area contributed by atoms with Gasteiger partial charge in [0, 0.05) is 32.3 Å². The molecule has 6 nitrogen and oxygen atoms in total. The number of rotatable bonds is 6. The fourth-order valence-corrected chi connectivity index (χ4v) is 2.98. The lowest BCUT2D eigenvalue weighted by atomic mass is 10.0. The van der Waals surface area contributed by atoms with Crippen molar-refractivity contribution in [3.63, 3.8) is 0 Å². The van der Waals surface area contributed by atoms with E-state index in [9.17, 15) is 9.59 Å². The van der Waals surface area contributed by atoms with Crippen LogP contribution in [-0.4, -0.2) is 51.1 Å². The fourth-order valence-electron chi connectivity index (χ4n) is 2.98. The number of likely N-dealkylation sites (N-methyl/N-ethyl adjacent to an activating group) is 2. The molecular formula is C22H24N2O4. The molecule has 146 valence electrons. The minimum absolute atomic E-state index is 0.0453. The van der Waals surface area contributed by atoms with E-state index in [0.29, 0.717) is 23.7 Å². The van der Waals surface area contributed by atoms with E-state index in [1.54, 1.807) is 32.1 Å². The fraction of sp³-hybridized carbons (Fsp3) is 0.273. The zero-order valence-corrected chi connectivity index (χ0v) is 16.6. The molecule has 1 aliphatic heterocycles. The molecule has 0 aliphatic carbocycles. The van der Waals surface area contributed by atoms with Gasteiger partial charge in [-0.1, -0.05) is 24.3 Å². The SMILES string of the molecule is CCOc1cc(/C=C2/C(=O)N(C)c3ccccc32)ccc1OCC(=O)N(C)C. The number of para-hydroxylation sites is 1. The molecule has 0 saturated heterocycles. The van der Waals surface area contributed by atoms with Gasteiger partial charge in [-0.25, -0.2) is 0 Å². The average molecular weight is 380 g/mol. The molecular weight excluding hydrogens is 356 g/mol. The predicted octanol–water partition coefficient (Wildman–Crippen LogP) is 3.07. The van der Waals surface area contributed by atoms with Gasteiger partial charge in [0.2, 0.25) is 0 Å². The smallest absolute Gasteiger partial charge is 0.259 e. The Hall–Kier alpha value is -3.28. The van der Waals surface area contributed by atoms with Gasteiger partial charge in [-0.15, -0.1) is 0 Å². The molecule has 0 spiro atoms. The van der Waals surface area contributed by atoms with Crippen LogP contribution in [0, 0.1) is 0 Å². The molecule has 2 aromatic rings. The van der Waals surface area contributed by atoms with Crippen LogP contribution in [-0.2, 0) is 9.59 Å². The van der Waals surface area contributed by atoms with Gasteiger partial charge in [-0.3, -0.25) is 9.59 Å². The molecule has 0 unspecified atom stereocenters. The van der Waals surface area contributed by atoms with Crippen molar-refractivity contribution >= 4 is 29.2 Å². The molecule has 0 radical (unpaired) electrons. The number of amides is 2. The van der Waals surface area contributed by atoms with E-state index in [1.807, 2.05) is 49.4 Å². The number of benzene rings is 2. The van der Waals surface area contributed by atoms with Crippen molar-refractivity contribution in [2.24, 2.45) is 0 Å². The molecule has 0 aromatic heterocycles. The number of carbonyl (C=O) groups excluding carboxylic acids is 2. The minimum atomic E-state index is -0.134. The van der Waals surface area contributed by atoms with Gasteiger partial charge < -0.3 is 19.3 Å². The number of hydrogen-bond donors (Lipinski definition) is 0. The first-order valence-electron chi connectivity index (χ1n) is 9.11. The summed E-state index contributed by atoms with van der Waals surface area (Å²) in [7, 11) is 5.13. The van der Waals surface area contributed by atoms with E-state index < -0.39 is 0 Å². The maximum Gasteiger partial charge on any atom is 0.259 e. The van der Waals surface area contributed by atoms with Crippen LogP contribution in [0.15, 0.2) is 42.5 Å². The molecule has 0 N–H and O–H groups in total. The molecule has 0 atom stereocenters. The third-order valence-electron chi connectivity index (χ3n) is 4.52.